The monoisotopic (exact) mass is 603 g/mol. The molecule has 4 aromatic rings. The van der Waals surface area contributed by atoms with Crippen molar-refractivity contribution in [1.29, 1.82) is 5.26 Å². The lowest BCUT2D eigenvalue weighted by Crippen LogP contribution is -2.50. The number of rotatable bonds is 7. The van der Waals surface area contributed by atoms with E-state index < -0.39 is 0 Å². The highest BCUT2D eigenvalue weighted by Gasteiger charge is 2.26. The summed E-state index contributed by atoms with van der Waals surface area (Å²) in [7, 11) is 0. The molecule has 39 heavy (non-hydrogen) atoms. The fourth-order valence-corrected chi connectivity index (χ4v) is 4.69. The van der Waals surface area contributed by atoms with E-state index in [1.54, 1.807) is 47.6 Å². The number of aromatic nitrogens is 2. The van der Waals surface area contributed by atoms with Crippen LogP contribution in [-0.2, 0) is 17.9 Å². The summed E-state index contributed by atoms with van der Waals surface area (Å²) in [5.41, 5.74) is 3.20. The zero-order valence-electron chi connectivity index (χ0n) is 20.7. The first kappa shape index (κ1) is 30.3. The average molecular weight is 605 g/mol. The number of hydrogen-bond acceptors (Lipinski definition) is 5. The number of carbonyl (C=O) groups is 1. The standard InChI is InChI=1S/C28H23Cl2N5O2.2ClH/c29-22-3-1-5-24(12-22)35-10-9-33(18-28(35)36)17-25-15-32-19-34(25)16-20-7-8-21(14-31)27(11-20)37-26-6-2-4-23(30)13-26;;/h1-8,11-13,15,19H,9-10,16-18H2;2*1H. The number of imidazole rings is 1. The molecule has 0 N–H and O–H groups in total. The SMILES string of the molecule is Cl.Cl.N#Cc1ccc(Cn2cncc2CN2CCN(c3cccc(Cl)c3)C(=O)C2)cc1Oc1cccc(Cl)c1. The normalized spacial score (nSPS) is 13.3. The molecule has 1 amide bonds. The number of nitriles is 1. The number of piperazine rings is 1. The number of amides is 1. The molecule has 0 unspecified atom stereocenters. The zero-order chi connectivity index (χ0) is 25.8. The van der Waals surface area contributed by atoms with E-state index >= 15 is 0 Å². The molecule has 0 radical (unpaired) electrons. The summed E-state index contributed by atoms with van der Waals surface area (Å²) >= 11 is 12.2. The molecule has 1 aliphatic heterocycles. The minimum Gasteiger partial charge on any atom is -0.456 e. The van der Waals surface area contributed by atoms with E-state index in [1.807, 2.05) is 41.1 Å². The van der Waals surface area contributed by atoms with Gasteiger partial charge >= 0.3 is 0 Å². The molecule has 1 aromatic heterocycles. The number of benzene rings is 3. The molecule has 0 spiro atoms. The van der Waals surface area contributed by atoms with E-state index in [-0.39, 0.29) is 30.7 Å². The van der Waals surface area contributed by atoms with Crippen LogP contribution in [0.5, 0.6) is 11.5 Å². The van der Waals surface area contributed by atoms with Crippen molar-refractivity contribution < 1.29 is 9.53 Å². The zero-order valence-corrected chi connectivity index (χ0v) is 23.8. The third-order valence-electron chi connectivity index (χ3n) is 6.15. The molecule has 0 saturated carbocycles. The molecule has 0 bridgehead atoms. The van der Waals surface area contributed by atoms with Crippen molar-refractivity contribution in [2.75, 3.05) is 24.5 Å². The van der Waals surface area contributed by atoms with Crippen molar-refractivity contribution in [3.8, 4) is 17.6 Å². The van der Waals surface area contributed by atoms with E-state index in [9.17, 15) is 10.1 Å². The van der Waals surface area contributed by atoms with Gasteiger partial charge in [0.15, 0.2) is 0 Å². The molecular formula is C28H25Cl4N5O2. The highest BCUT2D eigenvalue weighted by molar-refractivity contribution is 6.31. The van der Waals surface area contributed by atoms with Gasteiger partial charge in [0.2, 0.25) is 5.91 Å². The van der Waals surface area contributed by atoms with Gasteiger partial charge in [-0.25, -0.2) is 4.98 Å². The van der Waals surface area contributed by atoms with Gasteiger partial charge in [0, 0.05) is 48.1 Å². The van der Waals surface area contributed by atoms with Gasteiger partial charge in [-0.2, -0.15) is 5.26 Å². The van der Waals surface area contributed by atoms with Crippen LogP contribution < -0.4 is 9.64 Å². The summed E-state index contributed by atoms with van der Waals surface area (Å²) in [5.74, 6) is 1.06. The van der Waals surface area contributed by atoms with Crippen LogP contribution in [0.15, 0.2) is 79.3 Å². The van der Waals surface area contributed by atoms with Crippen LogP contribution in [0, 0.1) is 11.3 Å². The smallest absolute Gasteiger partial charge is 0.241 e. The predicted molar refractivity (Wildman–Crippen MR) is 158 cm³/mol. The second-order valence-electron chi connectivity index (χ2n) is 8.75. The average Bonchev–Trinajstić information content (AvgIpc) is 3.30. The molecule has 2 heterocycles. The Labute approximate surface area is 249 Å². The summed E-state index contributed by atoms with van der Waals surface area (Å²) in [6.07, 6.45) is 3.59. The van der Waals surface area contributed by atoms with Crippen molar-refractivity contribution in [2.24, 2.45) is 0 Å². The Hall–Kier alpha value is -3.25. The first-order valence-corrected chi connectivity index (χ1v) is 12.5. The Bertz CT molecular complexity index is 1490. The summed E-state index contributed by atoms with van der Waals surface area (Å²) in [6, 6.07) is 22.1. The topological polar surface area (TPSA) is 74.4 Å². The van der Waals surface area contributed by atoms with E-state index in [4.69, 9.17) is 27.9 Å². The summed E-state index contributed by atoms with van der Waals surface area (Å²) in [5, 5.41) is 10.7. The fraction of sp³-hybridized carbons (Fsp3) is 0.179. The molecule has 3 aromatic carbocycles. The number of halogens is 4. The largest absolute Gasteiger partial charge is 0.456 e. The van der Waals surface area contributed by atoms with Crippen LogP contribution in [0.4, 0.5) is 5.69 Å². The number of carbonyl (C=O) groups excluding carboxylic acids is 1. The van der Waals surface area contributed by atoms with E-state index in [0.717, 1.165) is 23.5 Å². The Balaban J connectivity index is 0.00000210. The molecular weight excluding hydrogens is 580 g/mol. The van der Waals surface area contributed by atoms with Gasteiger partial charge in [-0.05, 0) is 54.1 Å². The maximum atomic E-state index is 12.9. The van der Waals surface area contributed by atoms with Gasteiger partial charge in [-0.1, -0.05) is 41.4 Å². The van der Waals surface area contributed by atoms with Crippen LogP contribution in [0.25, 0.3) is 0 Å². The minimum atomic E-state index is 0. The lowest BCUT2D eigenvalue weighted by Gasteiger charge is -2.34. The predicted octanol–water partition coefficient (Wildman–Crippen LogP) is 6.59. The van der Waals surface area contributed by atoms with Gasteiger partial charge in [0.1, 0.15) is 17.6 Å². The molecule has 1 saturated heterocycles. The van der Waals surface area contributed by atoms with Crippen molar-refractivity contribution in [1.82, 2.24) is 14.5 Å². The molecule has 11 heteroatoms. The van der Waals surface area contributed by atoms with Crippen LogP contribution in [-0.4, -0.2) is 40.0 Å². The molecule has 0 aliphatic carbocycles. The van der Waals surface area contributed by atoms with Gasteiger partial charge in [0.05, 0.1) is 24.1 Å². The number of hydrogen-bond donors (Lipinski definition) is 0. The van der Waals surface area contributed by atoms with Crippen molar-refractivity contribution in [2.45, 2.75) is 13.1 Å². The highest BCUT2D eigenvalue weighted by atomic mass is 35.5. The quantitative estimate of drug-likeness (QED) is 0.238. The molecule has 1 fully saturated rings. The Morgan fingerprint density at radius 2 is 1.72 bits per heavy atom. The lowest BCUT2D eigenvalue weighted by molar-refractivity contribution is -0.121. The summed E-state index contributed by atoms with van der Waals surface area (Å²) < 4.78 is 8.01. The highest BCUT2D eigenvalue weighted by Crippen LogP contribution is 2.28. The summed E-state index contributed by atoms with van der Waals surface area (Å²) in [4.78, 5) is 21.1. The maximum Gasteiger partial charge on any atom is 0.241 e. The van der Waals surface area contributed by atoms with E-state index in [1.165, 1.54) is 0 Å². The number of ether oxygens (including phenoxy) is 1. The Morgan fingerprint density at radius 1 is 0.949 bits per heavy atom. The van der Waals surface area contributed by atoms with Gasteiger partial charge < -0.3 is 14.2 Å². The second kappa shape index (κ2) is 13.7. The van der Waals surface area contributed by atoms with Crippen LogP contribution in [0.3, 0.4) is 0 Å². The molecule has 202 valence electrons. The van der Waals surface area contributed by atoms with Crippen molar-refractivity contribution in [3.05, 3.63) is 106 Å². The van der Waals surface area contributed by atoms with Crippen LogP contribution in [0.2, 0.25) is 10.0 Å². The lowest BCUT2D eigenvalue weighted by atomic mass is 10.1. The maximum absolute atomic E-state index is 12.9. The third kappa shape index (κ3) is 7.45. The van der Waals surface area contributed by atoms with E-state index in [2.05, 4.69) is 16.0 Å². The first-order chi connectivity index (χ1) is 18.0. The summed E-state index contributed by atoms with van der Waals surface area (Å²) in [6.45, 7) is 2.78. The number of nitrogens with zero attached hydrogens (tertiary/aromatic N) is 5. The minimum absolute atomic E-state index is 0. The van der Waals surface area contributed by atoms with Crippen LogP contribution in [0.1, 0.15) is 16.8 Å². The van der Waals surface area contributed by atoms with E-state index in [0.29, 0.717) is 53.3 Å². The third-order valence-corrected chi connectivity index (χ3v) is 6.62. The van der Waals surface area contributed by atoms with Crippen molar-refractivity contribution in [3.63, 3.8) is 0 Å². The van der Waals surface area contributed by atoms with Gasteiger partial charge in [0.25, 0.3) is 0 Å². The van der Waals surface area contributed by atoms with Crippen molar-refractivity contribution >= 4 is 59.6 Å². The Kier molecular flexibility index (Phi) is 10.6. The Morgan fingerprint density at radius 3 is 2.44 bits per heavy atom. The molecule has 0 atom stereocenters. The second-order valence-corrected chi connectivity index (χ2v) is 9.62. The number of anilines is 1. The fourth-order valence-electron chi connectivity index (χ4n) is 4.32. The van der Waals surface area contributed by atoms with Gasteiger partial charge in [-0.3, -0.25) is 9.69 Å². The first-order valence-electron chi connectivity index (χ1n) is 11.7. The molecule has 7 nitrogen and oxygen atoms in total. The van der Waals surface area contributed by atoms with Crippen LogP contribution >= 0.6 is 48.0 Å². The van der Waals surface area contributed by atoms with Gasteiger partial charge in [-0.15, -0.1) is 24.8 Å². The molecule has 5 rings (SSSR count). The molecule has 1 aliphatic rings.